The van der Waals surface area contributed by atoms with Crippen LogP contribution in [0.3, 0.4) is 0 Å². The molecular weight excluding hydrogens is 254 g/mol. The van der Waals surface area contributed by atoms with E-state index in [1.165, 1.54) is 0 Å². The molecule has 0 aliphatic heterocycles. The Morgan fingerprint density at radius 2 is 2.18 bits per heavy atom. The molecule has 0 saturated heterocycles. The summed E-state index contributed by atoms with van der Waals surface area (Å²) in [5.74, 6) is 0. The largest absolute Gasteiger partial charge is 0.389 e. The monoisotopic (exact) mass is 271 g/mol. The van der Waals surface area contributed by atoms with Crippen LogP contribution in [0.5, 0.6) is 0 Å². The Hall–Kier alpha value is -0.840. The molecule has 0 amide bonds. The van der Waals surface area contributed by atoms with Crippen LogP contribution in [0, 0.1) is 0 Å². The van der Waals surface area contributed by atoms with Crippen molar-refractivity contribution in [3.8, 4) is 0 Å². The number of nitrogens with two attached hydrogens (primary N) is 1. The number of halogens is 1. The van der Waals surface area contributed by atoms with Gasteiger partial charge in [0.2, 0.25) is 0 Å². The highest BCUT2D eigenvalue weighted by Crippen LogP contribution is 2.20. The van der Waals surface area contributed by atoms with Gasteiger partial charge in [-0.15, -0.1) is 0 Å². The van der Waals surface area contributed by atoms with Crippen molar-refractivity contribution in [2.24, 2.45) is 5.73 Å². The fourth-order valence-corrected chi connectivity index (χ4v) is 1.97. The second-order valence-corrected chi connectivity index (χ2v) is 4.99. The molecule has 94 valence electrons. The van der Waals surface area contributed by atoms with Crippen LogP contribution in [-0.2, 0) is 0 Å². The van der Waals surface area contributed by atoms with Crippen LogP contribution < -0.4 is 11.1 Å². The highest BCUT2D eigenvalue weighted by Gasteiger charge is 2.03. The minimum absolute atomic E-state index is 0.328. The summed E-state index contributed by atoms with van der Waals surface area (Å²) in [4.78, 5) is 2.49. The third-order valence-corrected chi connectivity index (χ3v) is 2.88. The molecule has 0 saturated carbocycles. The zero-order chi connectivity index (χ0) is 12.8. The number of nitrogens with one attached hydrogen (secondary N) is 1. The molecule has 0 bridgehead atoms. The van der Waals surface area contributed by atoms with Crippen molar-refractivity contribution in [1.82, 2.24) is 4.90 Å². The topological polar surface area (TPSA) is 41.3 Å². The number of anilines is 1. The van der Waals surface area contributed by atoms with Crippen LogP contribution in [0.25, 0.3) is 0 Å². The lowest BCUT2D eigenvalue weighted by Crippen LogP contribution is -2.16. The highest BCUT2D eigenvalue weighted by molar-refractivity contribution is 7.80. The molecule has 0 aliphatic rings. The van der Waals surface area contributed by atoms with Crippen LogP contribution >= 0.6 is 23.8 Å². The molecule has 3 nitrogen and oxygen atoms in total. The maximum absolute atomic E-state index is 6.07. The number of nitrogens with zero attached hydrogens (tertiary/aromatic N) is 1. The predicted molar refractivity (Wildman–Crippen MR) is 79.0 cm³/mol. The first-order valence-electron chi connectivity index (χ1n) is 5.48. The summed E-state index contributed by atoms with van der Waals surface area (Å²) in [6.07, 6.45) is 1.08. The number of hydrogen-bond acceptors (Lipinski definition) is 3. The molecule has 0 fully saturated rings. The van der Waals surface area contributed by atoms with E-state index in [1.807, 2.05) is 18.2 Å². The van der Waals surface area contributed by atoms with E-state index in [-0.39, 0.29) is 0 Å². The molecule has 0 atom stereocenters. The molecule has 1 rings (SSSR count). The van der Waals surface area contributed by atoms with Crippen LogP contribution in [0.2, 0.25) is 5.02 Å². The predicted octanol–water partition coefficient (Wildman–Crippen LogP) is 2.34. The van der Waals surface area contributed by atoms with E-state index in [0.29, 0.717) is 10.0 Å². The maximum atomic E-state index is 6.07. The summed E-state index contributed by atoms with van der Waals surface area (Å²) in [6, 6.07) is 5.64. The van der Waals surface area contributed by atoms with Gasteiger partial charge in [-0.05, 0) is 45.3 Å². The fourth-order valence-electron chi connectivity index (χ4n) is 1.45. The molecule has 0 heterocycles. The summed E-state index contributed by atoms with van der Waals surface area (Å²) >= 11 is 11.0. The van der Waals surface area contributed by atoms with Crippen LogP contribution in [0.1, 0.15) is 12.0 Å². The second kappa shape index (κ2) is 6.79. The number of hydrogen-bond donors (Lipinski definition) is 2. The Morgan fingerprint density at radius 1 is 1.47 bits per heavy atom. The number of thiocarbonyl (C=S) groups is 1. The van der Waals surface area contributed by atoms with Crippen LogP contribution in [0.4, 0.5) is 5.69 Å². The van der Waals surface area contributed by atoms with Gasteiger partial charge in [0.1, 0.15) is 4.99 Å². The summed E-state index contributed by atoms with van der Waals surface area (Å²) in [7, 11) is 4.13. The molecule has 17 heavy (non-hydrogen) atoms. The van der Waals surface area contributed by atoms with Gasteiger partial charge in [-0.3, -0.25) is 0 Å². The molecule has 0 spiro atoms. The van der Waals surface area contributed by atoms with E-state index in [9.17, 15) is 0 Å². The van der Waals surface area contributed by atoms with Gasteiger partial charge in [0.25, 0.3) is 0 Å². The summed E-state index contributed by atoms with van der Waals surface area (Å²) < 4.78 is 0. The van der Waals surface area contributed by atoms with E-state index in [0.717, 1.165) is 30.8 Å². The molecule has 1 aromatic carbocycles. The summed E-state index contributed by atoms with van der Waals surface area (Å²) in [5.41, 5.74) is 7.26. The zero-order valence-corrected chi connectivity index (χ0v) is 11.7. The van der Waals surface area contributed by atoms with Gasteiger partial charge in [0, 0.05) is 17.8 Å². The highest BCUT2D eigenvalue weighted by atomic mass is 35.5. The van der Waals surface area contributed by atoms with Gasteiger partial charge in [-0.25, -0.2) is 0 Å². The van der Waals surface area contributed by atoms with Gasteiger partial charge in [-0.2, -0.15) is 0 Å². The zero-order valence-electron chi connectivity index (χ0n) is 10.2. The summed E-state index contributed by atoms with van der Waals surface area (Å²) in [6.45, 7) is 1.98. The van der Waals surface area contributed by atoms with Gasteiger partial charge in [-0.1, -0.05) is 23.8 Å². The van der Waals surface area contributed by atoms with E-state index >= 15 is 0 Å². The minimum Gasteiger partial charge on any atom is -0.389 e. The Bertz CT molecular complexity index is 393. The average molecular weight is 272 g/mol. The lowest BCUT2D eigenvalue weighted by Gasteiger charge is -2.11. The molecular formula is C12H18ClN3S. The molecule has 0 unspecified atom stereocenters. The average Bonchev–Trinajstić information content (AvgIpc) is 2.23. The van der Waals surface area contributed by atoms with Gasteiger partial charge in [0.15, 0.2) is 0 Å². The number of benzene rings is 1. The van der Waals surface area contributed by atoms with E-state index < -0.39 is 0 Å². The minimum atomic E-state index is 0.328. The first kappa shape index (κ1) is 14.2. The van der Waals surface area contributed by atoms with Crippen molar-refractivity contribution in [3.05, 3.63) is 28.8 Å². The summed E-state index contributed by atoms with van der Waals surface area (Å²) in [5, 5.41) is 3.90. The van der Waals surface area contributed by atoms with Gasteiger partial charge < -0.3 is 16.0 Å². The van der Waals surface area contributed by atoms with Crippen LogP contribution in [0.15, 0.2) is 18.2 Å². The van der Waals surface area contributed by atoms with Gasteiger partial charge in [0.05, 0.1) is 5.02 Å². The van der Waals surface area contributed by atoms with Crippen molar-refractivity contribution in [1.29, 1.82) is 0 Å². The van der Waals surface area contributed by atoms with Crippen molar-refractivity contribution >= 4 is 34.5 Å². The lowest BCUT2D eigenvalue weighted by molar-refractivity contribution is 0.405. The van der Waals surface area contributed by atoms with Crippen molar-refractivity contribution in [3.63, 3.8) is 0 Å². The van der Waals surface area contributed by atoms with Gasteiger partial charge >= 0.3 is 0 Å². The van der Waals surface area contributed by atoms with Crippen molar-refractivity contribution in [2.45, 2.75) is 6.42 Å². The third-order valence-electron chi connectivity index (χ3n) is 2.35. The van der Waals surface area contributed by atoms with Crippen molar-refractivity contribution in [2.75, 3.05) is 32.5 Å². The SMILES string of the molecule is CN(C)CCCNc1ccc(C(N)=S)c(Cl)c1. The molecule has 3 N–H and O–H groups in total. The Kier molecular flexibility index (Phi) is 5.68. The first-order chi connectivity index (χ1) is 8.00. The van der Waals surface area contributed by atoms with E-state index in [2.05, 4.69) is 24.3 Å². The normalized spacial score (nSPS) is 10.6. The molecule has 0 radical (unpaired) electrons. The quantitative estimate of drug-likeness (QED) is 0.616. The molecule has 0 aromatic heterocycles. The van der Waals surface area contributed by atoms with Crippen molar-refractivity contribution < 1.29 is 0 Å². The Morgan fingerprint density at radius 3 is 2.71 bits per heavy atom. The second-order valence-electron chi connectivity index (χ2n) is 4.14. The fraction of sp³-hybridized carbons (Fsp3) is 0.417. The smallest absolute Gasteiger partial charge is 0.105 e. The standard InChI is InChI=1S/C12H18ClN3S/c1-16(2)7-3-6-15-9-4-5-10(12(14)17)11(13)8-9/h4-5,8,15H,3,6-7H2,1-2H3,(H2,14,17). The first-order valence-corrected chi connectivity index (χ1v) is 6.27. The van der Waals surface area contributed by atoms with Crippen LogP contribution in [-0.4, -0.2) is 37.1 Å². The van der Waals surface area contributed by atoms with E-state index in [4.69, 9.17) is 29.6 Å². The molecule has 0 aliphatic carbocycles. The Labute approximate surface area is 113 Å². The maximum Gasteiger partial charge on any atom is 0.105 e. The molecule has 5 heteroatoms. The lowest BCUT2D eigenvalue weighted by atomic mass is 10.2. The Balaban J connectivity index is 2.50. The third kappa shape index (κ3) is 4.89. The number of rotatable bonds is 6. The van der Waals surface area contributed by atoms with E-state index in [1.54, 1.807) is 0 Å². The molecule has 1 aromatic rings.